The van der Waals surface area contributed by atoms with Crippen molar-refractivity contribution in [1.82, 2.24) is 14.8 Å². The SMILES string of the molecule is COc1ccc(-c2c(C)nn(-c3ccc(S(C)(=O)=O)cn3)c2O)cc1C. The maximum absolute atomic E-state index is 11.6. The van der Waals surface area contributed by atoms with Crippen LogP contribution in [0.2, 0.25) is 0 Å². The summed E-state index contributed by atoms with van der Waals surface area (Å²) in [4.78, 5) is 4.22. The van der Waals surface area contributed by atoms with Gasteiger partial charge in [0.15, 0.2) is 15.7 Å². The summed E-state index contributed by atoms with van der Waals surface area (Å²) >= 11 is 0. The topological polar surface area (TPSA) is 94.3 Å². The van der Waals surface area contributed by atoms with Crippen molar-refractivity contribution >= 4 is 9.84 Å². The minimum absolute atomic E-state index is 0.0633. The number of hydrogen-bond donors (Lipinski definition) is 1. The van der Waals surface area contributed by atoms with Gasteiger partial charge in [-0.3, -0.25) is 0 Å². The quantitative estimate of drug-likeness (QED) is 0.756. The molecule has 0 amide bonds. The fourth-order valence-electron chi connectivity index (χ4n) is 2.76. The first-order chi connectivity index (χ1) is 12.2. The number of sulfone groups is 1. The molecule has 0 unspecified atom stereocenters. The van der Waals surface area contributed by atoms with Crippen LogP contribution in [0.3, 0.4) is 0 Å². The largest absolute Gasteiger partial charge is 0.496 e. The molecule has 2 aromatic heterocycles. The second-order valence-electron chi connectivity index (χ2n) is 6.00. The van der Waals surface area contributed by atoms with E-state index in [9.17, 15) is 13.5 Å². The number of hydrogen-bond acceptors (Lipinski definition) is 6. The molecule has 3 aromatic rings. The summed E-state index contributed by atoms with van der Waals surface area (Å²) in [6, 6.07) is 8.53. The summed E-state index contributed by atoms with van der Waals surface area (Å²) in [5.41, 5.74) is 2.95. The van der Waals surface area contributed by atoms with Crippen LogP contribution < -0.4 is 4.74 Å². The standard InChI is InChI=1S/C18H19N3O4S/c1-11-9-13(5-7-15(11)25-3)17-12(2)20-21(18(17)22)16-8-6-14(10-19-16)26(4,23)24/h5-10,22H,1-4H3. The number of benzene rings is 1. The number of aromatic hydroxyl groups is 1. The number of ether oxygens (including phenoxy) is 1. The van der Waals surface area contributed by atoms with E-state index in [1.807, 2.05) is 25.1 Å². The summed E-state index contributed by atoms with van der Waals surface area (Å²) in [5, 5.41) is 15.0. The molecule has 0 fully saturated rings. The summed E-state index contributed by atoms with van der Waals surface area (Å²) in [7, 11) is -1.73. The van der Waals surface area contributed by atoms with Gasteiger partial charge in [-0.05, 0) is 49.2 Å². The molecule has 0 aliphatic rings. The molecule has 7 nitrogen and oxygen atoms in total. The van der Waals surface area contributed by atoms with Gasteiger partial charge in [-0.1, -0.05) is 6.07 Å². The molecule has 136 valence electrons. The number of aryl methyl sites for hydroxylation is 2. The maximum Gasteiger partial charge on any atom is 0.223 e. The van der Waals surface area contributed by atoms with Crippen molar-refractivity contribution in [2.45, 2.75) is 18.7 Å². The summed E-state index contributed by atoms with van der Waals surface area (Å²) in [5.74, 6) is 1.03. The third-order valence-electron chi connectivity index (χ3n) is 4.09. The van der Waals surface area contributed by atoms with E-state index in [4.69, 9.17) is 4.74 Å². The van der Waals surface area contributed by atoms with Crippen molar-refractivity contribution in [3.05, 3.63) is 47.8 Å². The highest BCUT2D eigenvalue weighted by Gasteiger charge is 2.19. The molecule has 0 saturated carbocycles. The molecule has 0 bridgehead atoms. The molecule has 0 atom stereocenters. The first kappa shape index (κ1) is 17.9. The van der Waals surface area contributed by atoms with E-state index in [1.165, 1.54) is 23.0 Å². The predicted octanol–water partition coefficient (Wildman–Crippen LogP) is 2.67. The van der Waals surface area contributed by atoms with Gasteiger partial charge in [0.1, 0.15) is 5.75 Å². The van der Waals surface area contributed by atoms with E-state index in [0.29, 0.717) is 17.1 Å². The zero-order chi connectivity index (χ0) is 19.1. The zero-order valence-corrected chi connectivity index (χ0v) is 15.7. The monoisotopic (exact) mass is 373 g/mol. The molecule has 3 rings (SSSR count). The van der Waals surface area contributed by atoms with Gasteiger partial charge in [-0.15, -0.1) is 0 Å². The van der Waals surface area contributed by atoms with Gasteiger partial charge in [-0.2, -0.15) is 9.78 Å². The van der Waals surface area contributed by atoms with Gasteiger partial charge >= 0.3 is 0 Å². The highest BCUT2D eigenvalue weighted by atomic mass is 32.2. The van der Waals surface area contributed by atoms with Gasteiger partial charge < -0.3 is 9.84 Å². The van der Waals surface area contributed by atoms with Crippen molar-refractivity contribution in [2.24, 2.45) is 0 Å². The molecule has 0 saturated heterocycles. The van der Waals surface area contributed by atoms with Crippen LogP contribution in [0.4, 0.5) is 0 Å². The zero-order valence-electron chi connectivity index (χ0n) is 14.9. The Morgan fingerprint density at radius 1 is 1.15 bits per heavy atom. The molecule has 0 aliphatic carbocycles. The Morgan fingerprint density at radius 3 is 2.42 bits per heavy atom. The average Bonchev–Trinajstić information content (AvgIpc) is 2.88. The first-order valence-electron chi connectivity index (χ1n) is 7.82. The van der Waals surface area contributed by atoms with Crippen LogP contribution in [0.15, 0.2) is 41.4 Å². The highest BCUT2D eigenvalue weighted by Crippen LogP contribution is 2.35. The summed E-state index contributed by atoms with van der Waals surface area (Å²) in [6.45, 7) is 3.71. The van der Waals surface area contributed by atoms with E-state index in [0.717, 1.165) is 23.1 Å². The van der Waals surface area contributed by atoms with Crippen LogP contribution in [-0.4, -0.2) is 41.7 Å². The predicted molar refractivity (Wildman–Crippen MR) is 97.6 cm³/mol. The lowest BCUT2D eigenvalue weighted by atomic mass is 10.0. The number of nitrogens with zero attached hydrogens (tertiary/aromatic N) is 3. The molecule has 2 heterocycles. The Hall–Kier alpha value is -2.87. The average molecular weight is 373 g/mol. The molecular weight excluding hydrogens is 354 g/mol. The van der Waals surface area contributed by atoms with Crippen LogP contribution in [0.5, 0.6) is 11.6 Å². The van der Waals surface area contributed by atoms with Gasteiger partial charge in [0.25, 0.3) is 0 Å². The normalized spacial score (nSPS) is 11.5. The molecular formula is C18H19N3O4S. The maximum atomic E-state index is 11.6. The third kappa shape index (κ3) is 3.15. The Bertz CT molecular complexity index is 1070. The van der Waals surface area contributed by atoms with Crippen LogP contribution in [-0.2, 0) is 9.84 Å². The molecule has 0 aliphatic heterocycles. The Balaban J connectivity index is 2.07. The van der Waals surface area contributed by atoms with Crippen LogP contribution in [0.1, 0.15) is 11.3 Å². The molecule has 0 radical (unpaired) electrons. The number of methoxy groups -OCH3 is 1. The first-order valence-corrected chi connectivity index (χ1v) is 9.71. The van der Waals surface area contributed by atoms with Gasteiger partial charge in [-0.25, -0.2) is 13.4 Å². The van der Waals surface area contributed by atoms with Gasteiger partial charge in [0.2, 0.25) is 5.88 Å². The van der Waals surface area contributed by atoms with E-state index in [-0.39, 0.29) is 10.8 Å². The van der Waals surface area contributed by atoms with Crippen molar-refractivity contribution in [2.75, 3.05) is 13.4 Å². The molecule has 0 spiro atoms. The summed E-state index contributed by atoms with van der Waals surface area (Å²) in [6.07, 6.45) is 2.36. The molecule has 8 heteroatoms. The smallest absolute Gasteiger partial charge is 0.223 e. The highest BCUT2D eigenvalue weighted by molar-refractivity contribution is 7.90. The van der Waals surface area contributed by atoms with Crippen LogP contribution in [0.25, 0.3) is 16.9 Å². The van der Waals surface area contributed by atoms with Crippen molar-refractivity contribution < 1.29 is 18.3 Å². The van der Waals surface area contributed by atoms with E-state index >= 15 is 0 Å². The Kier molecular flexibility index (Phi) is 4.45. The number of pyridine rings is 1. The van der Waals surface area contributed by atoms with Crippen molar-refractivity contribution in [3.8, 4) is 28.6 Å². The van der Waals surface area contributed by atoms with Crippen molar-refractivity contribution in [3.63, 3.8) is 0 Å². The number of aromatic nitrogens is 3. The number of rotatable bonds is 4. The minimum Gasteiger partial charge on any atom is -0.496 e. The molecule has 1 aromatic carbocycles. The molecule has 26 heavy (non-hydrogen) atoms. The van der Waals surface area contributed by atoms with Gasteiger partial charge in [0, 0.05) is 12.5 Å². The lowest BCUT2D eigenvalue weighted by Gasteiger charge is -2.08. The minimum atomic E-state index is -3.34. The molecule has 1 N–H and O–H groups in total. The Labute approximate surface area is 151 Å². The lowest BCUT2D eigenvalue weighted by Crippen LogP contribution is -2.02. The second-order valence-corrected chi connectivity index (χ2v) is 8.02. The van der Waals surface area contributed by atoms with Crippen LogP contribution in [0, 0.1) is 13.8 Å². The fourth-order valence-corrected chi connectivity index (χ4v) is 3.32. The van der Waals surface area contributed by atoms with Crippen molar-refractivity contribution in [1.29, 1.82) is 0 Å². The second kappa shape index (κ2) is 6.45. The van der Waals surface area contributed by atoms with E-state index < -0.39 is 9.84 Å². The lowest BCUT2D eigenvalue weighted by molar-refractivity contribution is 0.411. The van der Waals surface area contributed by atoms with Crippen LogP contribution >= 0.6 is 0 Å². The van der Waals surface area contributed by atoms with Gasteiger partial charge in [0.05, 0.1) is 23.3 Å². The summed E-state index contributed by atoms with van der Waals surface area (Å²) < 4.78 is 29.7. The van der Waals surface area contributed by atoms with E-state index in [2.05, 4.69) is 10.1 Å². The Morgan fingerprint density at radius 2 is 1.88 bits per heavy atom. The third-order valence-corrected chi connectivity index (χ3v) is 5.18. The van der Waals surface area contributed by atoms with E-state index in [1.54, 1.807) is 14.0 Å². The fraction of sp³-hybridized carbons (Fsp3) is 0.222.